The van der Waals surface area contributed by atoms with Crippen molar-refractivity contribution in [2.45, 2.75) is 33.1 Å². The van der Waals surface area contributed by atoms with E-state index in [1.165, 1.54) is 6.92 Å². The molecule has 0 saturated carbocycles. The van der Waals surface area contributed by atoms with Gasteiger partial charge in [0.25, 0.3) is 0 Å². The van der Waals surface area contributed by atoms with Gasteiger partial charge >= 0.3 is 5.97 Å². The molecule has 0 spiro atoms. The number of ketones is 1. The molecule has 1 N–H and O–H groups in total. The van der Waals surface area contributed by atoms with Gasteiger partial charge in [-0.05, 0) is 13.3 Å². The van der Waals surface area contributed by atoms with E-state index in [2.05, 4.69) is 0 Å². The van der Waals surface area contributed by atoms with E-state index < -0.39 is 11.9 Å². The Balaban J connectivity index is 0. The summed E-state index contributed by atoms with van der Waals surface area (Å²) in [6, 6.07) is 0. The molecule has 0 aliphatic rings. The number of hydrogen-bond donors (Lipinski definition) is 1. The first kappa shape index (κ1) is 14.2. The molecule has 0 aromatic carbocycles. The zero-order valence-corrected chi connectivity index (χ0v) is 6.96. The Kier molecular flexibility index (Phi) is 8.68. The lowest BCUT2D eigenvalue weighted by Gasteiger charge is -2.05. The van der Waals surface area contributed by atoms with Gasteiger partial charge in [0.1, 0.15) is 11.7 Å². The average Bonchev–Trinajstić information content (AvgIpc) is 1.87. The van der Waals surface area contributed by atoms with Gasteiger partial charge in [-0.15, -0.1) is 0 Å². The molecule has 70 valence electrons. The Bertz CT molecular complexity index is 142. The lowest BCUT2D eigenvalue weighted by atomic mass is 9.99. The number of rotatable bonds is 5. The van der Waals surface area contributed by atoms with Crippen molar-refractivity contribution >= 4 is 29.1 Å². The predicted octanol–water partition coefficient (Wildman–Crippen LogP) is 0.282. The van der Waals surface area contributed by atoms with Crippen LogP contribution in [0.4, 0.5) is 0 Å². The average molecular weight is 188 g/mol. The molecule has 0 saturated heterocycles. The van der Waals surface area contributed by atoms with Gasteiger partial charge in [0.05, 0.1) is 0 Å². The molecule has 0 amide bonds. The molecule has 1 unspecified atom stereocenters. The molecular formula is C8H17AlO3. The number of Topliss-reactive ketones (excluding diaryl/α,β-unsaturated/α-hetero) is 1. The molecule has 0 aliphatic heterocycles. The van der Waals surface area contributed by atoms with Crippen LogP contribution in [0.25, 0.3) is 0 Å². The highest BCUT2D eigenvalue weighted by molar-refractivity contribution is 5.96. The second kappa shape index (κ2) is 7.33. The zero-order chi connectivity index (χ0) is 8.85. The highest BCUT2D eigenvalue weighted by Crippen LogP contribution is 2.09. The summed E-state index contributed by atoms with van der Waals surface area (Å²) in [7, 11) is 0. The van der Waals surface area contributed by atoms with E-state index in [4.69, 9.17) is 5.11 Å². The van der Waals surface area contributed by atoms with Crippen LogP contribution in [0.2, 0.25) is 0 Å². The van der Waals surface area contributed by atoms with Crippen LogP contribution in [-0.2, 0) is 9.59 Å². The summed E-state index contributed by atoms with van der Waals surface area (Å²) in [6.45, 7) is 3.30. The Labute approximate surface area is 83.3 Å². The largest absolute Gasteiger partial charge is 0.481 e. The third-order valence-corrected chi connectivity index (χ3v) is 1.64. The molecule has 0 heterocycles. The molecule has 1 atom stereocenters. The number of hydrogen-bond acceptors (Lipinski definition) is 2. The Hall–Kier alpha value is -0.328. The van der Waals surface area contributed by atoms with Gasteiger partial charge in [-0.2, -0.15) is 0 Å². The highest BCUT2D eigenvalue weighted by atomic mass is 27.0. The van der Waals surface area contributed by atoms with Crippen molar-refractivity contribution in [3.8, 4) is 0 Å². The van der Waals surface area contributed by atoms with Crippen LogP contribution in [-0.4, -0.2) is 34.2 Å². The van der Waals surface area contributed by atoms with Gasteiger partial charge in [-0.1, -0.05) is 19.8 Å². The first-order valence-corrected chi connectivity index (χ1v) is 3.82. The summed E-state index contributed by atoms with van der Waals surface area (Å²) in [5.41, 5.74) is 0. The fraction of sp³-hybridized carbons (Fsp3) is 0.750. The number of carboxylic acid groups (broad SMARTS) is 1. The van der Waals surface area contributed by atoms with Gasteiger partial charge in [-0.3, -0.25) is 9.59 Å². The molecule has 0 fully saturated rings. The quantitative estimate of drug-likeness (QED) is 0.498. The van der Waals surface area contributed by atoms with E-state index >= 15 is 0 Å². The lowest BCUT2D eigenvalue weighted by molar-refractivity contribution is -0.146. The Morgan fingerprint density at radius 3 is 2.17 bits per heavy atom. The number of carbonyl (C=O) groups is 2. The van der Waals surface area contributed by atoms with E-state index in [0.717, 1.165) is 12.8 Å². The van der Waals surface area contributed by atoms with Crippen molar-refractivity contribution in [1.82, 2.24) is 0 Å². The maximum absolute atomic E-state index is 10.7. The van der Waals surface area contributed by atoms with Gasteiger partial charge in [-0.25, -0.2) is 0 Å². The van der Waals surface area contributed by atoms with Gasteiger partial charge in [0.2, 0.25) is 0 Å². The molecule has 0 radical (unpaired) electrons. The Morgan fingerprint density at radius 2 is 1.92 bits per heavy atom. The van der Waals surface area contributed by atoms with Crippen LogP contribution in [0, 0.1) is 5.92 Å². The molecule has 3 nitrogen and oxygen atoms in total. The number of carboxylic acids is 1. The first-order chi connectivity index (χ1) is 5.09. The standard InChI is InChI=1S/C8H14O3.Al.3H/c1-3-4-5-7(6(2)9)8(10)11;;;;/h7H,3-5H2,1-2H3,(H,10,11);;;;. The molecule has 0 aliphatic carbocycles. The van der Waals surface area contributed by atoms with Crippen LogP contribution in [0.15, 0.2) is 0 Å². The molecule has 0 rings (SSSR count). The van der Waals surface area contributed by atoms with E-state index in [-0.39, 0.29) is 23.1 Å². The van der Waals surface area contributed by atoms with Crippen molar-refractivity contribution in [3.05, 3.63) is 0 Å². The maximum atomic E-state index is 10.7. The SMILES string of the molecule is CCCCC(C(C)=O)C(=O)O.[AlH3]. The summed E-state index contributed by atoms with van der Waals surface area (Å²) in [6.07, 6.45) is 2.20. The topological polar surface area (TPSA) is 54.4 Å². The minimum Gasteiger partial charge on any atom is -0.481 e. The second-order valence-electron chi connectivity index (χ2n) is 2.64. The minimum atomic E-state index is -0.994. The van der Waals surface area contributed by atoms with Crippen molar-refractivity contribution in [2.75, 3.05) is 0 Å². The third kappa shape index (κ3) is 5.34. The fourth-order valence-corrected chi connectivity index (χ4v) is 0.909. The van der Waals surface area contributed by atoms with Crippen molar-refractivity contribution in [1.29, 1.82) is 0 Å². The lowest BCUT2D eigenvalue weighted by Crippen LogP contribution is -2.21. The van der Waals surface area contributed by atoms with Crippen LogP contribution in [0.5, 0.6) is 0 Å². The number of unbranched alkanes of at least 4 members (excludes halogenated alkanes) is 1. The molecular weight excluding hydrogens is 171 g/mol. The monoisotopic (exact) mass is 188 g/mol. The predicted molar refractivity (Wildman–Crippen MR) is 51.3 cm³/mol. The van der Waals surface area contributed by atoms with E-state index in [1.54, 1.807) is 0 Å². The molecule has 0 aromatic rings. The first-order valence-electron chi connectivity index (χ1n) is 3.82. The summed E-state index contributed by atoms with van der Waals surface area (Å²) in [4.78, 5) is 21.1. The number of carbonyl (C=O) groups excluding carboxylic acids is 1. The summed E-state index contributed by atoms with van der Waals surface area (Å²) in [5.74, 6) is -2.02. The minimum absolute atomic E-state index is 0. The molecule has 0 bridgehead atoms. The van der Waals surface area contributed by atoms with Crippen LogP contribution >= 0.6 is 0 Å². The second-order valence-corrected chi connectivity index (χ2v) is 2.64. The smallest absolute Gasteiger partial charge is 0.314 e. The Morgan fingerprint density at radius 1 is 1.42 bits per heavy atom. The normalized spacial score (nSPS) is 11.5. The van der Waals surface area contributed by atoms with E-state index in [0.29, 0.717) is 6.42 Å². The summed E-state index contributed by atoms with van der Waals surface area (Å²) < 4.78 is 0. The number of aliphatic carboxylic acids is 1. The maximum Gasteiger partial charge on any atom is 0.314 e. The van der Waals surface area contributed by atoms with Gasteiger partial charge < -0.3 is 5.11 Å². The van der Waals surface area contributed by atoms with Crippen LogP contribution < -0.4 is 0 Å². The highest BCUT2D eigenvalue weighted by Gasteiger charge is 2.20. The van der Waals surface area contributed by atoms with Gasteiger partial charge in [0, 0.05) is 0 Å². The van der Waals surface area contributed by atoms with E-state index in [1.807, 2.05) is 6.92 Å². The van der Waals surface area contributed by atoms with Crippen molar-refractivity contribution in [3.63, 3.8) is 0 Å². The van der Waals surface area contributed by atoms with Crippen LogP contribution in [0.1, 0.15) is 33.1 Å². The molecule has 4 heteroatoms. The van der Waals surface area contributed by atoms with Crippen molar-refractivity contribution in [2.24, 2.45) is 5.92 Å². The van der Waals surface area contributed by atoms with Gasteiger partial charge in [0.15, 0.2) is 17.4 Å². The van der Waals surface area contributed by atoms with Crippen LogP contribution in [0.3, 0.4) is 0 Å². The third-order valence-electron chi connectivity index (χ3n) is 1.64. The summed E-state index contributed by atoms with van der Waals surface area (Å²) >= 11 is 0. The summed E-state index contributed by atoms with van der Waals surface area (Å²) in [5, 5.41) is 8.55. The molecule has 12 heavy (non-hydrogen) atoms. The molecule has 0 aromatic heterocycles. The zero-order valence-electron chi connectivity index (χ0n) is 6.96. The van der Waals surface area contributed by atoms with Crippen molar-refractivity contribution < 1.29 is 14.7 Å². The van der Waals surface area contributed by atoms with E-state index in [9.17, 15) is 9.59 Å². The fourth-order valence-electron chi connectivity index (χ4n) is 0.909.